The summed E-state index contributed by atoms with van der Waals surface area (Å²) in [6.45, 7) is 5.74. The average Bonchev–Trinajstić information content (AvgIpc) is 2.55. The van der Waals surface area contributed by atoms with Gasteiger partial charge < -0.3 is 14.8 Å². The van der Waals surface area contributed by atoms with Gasteiger partial charge in [-0.15, -0.1) is 0 Å². The fraction of sp³-hybridized carbons (Fsp3) is 0.750. The first-order chi connectivity index (χ1) is 11.8. The van der Waals surface area contributed by atoms with E-state index in [4.69, 9.17) is 10.6 Å². The van der Waals surface area contributed by atoms with Gasteiger partial charge in [0.2, 0.25) is 11.8 Å². The van der Waals surface area contributed by atoms with Crippen molar-refractivity contribution in [1.82, 2.24) is 10.7 Å². The molecule has 0 aromatic carbocycles. The number of hydrogen-bond acceptors (Lipinski definition) is 7. The van der Waals surface area contributed by atoms with E-state index >= 15 is 0 Å². The van der Waals surface area contributed by atoms with Crippen molar-refractivity contribution < 1.29 is 28.7 Å². The number of rotatable bonds is 11. The molecule has 0 saturated heterocycles. The molecule has 0 heterocycles. The monoisotopic (exact) mass is 359 g/mol. The Hall–Kier alpha value is -2.16. The zero-order valence-corrected chi connectivity index (χ0v) is 15.1. The van der Waals surface area contributed by atoms with Gasteiger partial charge in [-0.05, 0) is 18.8 Å². The number of esters is 1. The lowest BCUT2D eigenvalue weighted by Crippen LogP contribution is -2.34. The molecule has 1 atom stereocenters. The summed E-state index contributed by atoms with van der Waals surface area (Å²) in [6.07, 6.45) is 1.13. The molecule has 0 aromatic heterocycles. The number of unbranched alkanes of at least 4 members (excludes halogenated alkanes) is 1. The van der Waals surface area contributed by atoms with Crippen LogP contribution in [0.25, 0.3) is 0 Å². The molecule has 25 heavy (non-hydrogen) atoms. The van der Waals surface area contributed by atoms with Crippen LogP contribution in [-0.4, -0.2) is 37.1 Å². The molecule has 2 amide bonds. The largest absolute Gasteiger partial charge is 0.516 e. The van der Waals surface area contributed by atoms with Crippen LogP contribution < -0.4 is 16.6 Å². The van der Waals surface area contributed by atoms with Gasteiger partial charge in [-0.2, -0.15) is 0 Å². The zero-order chi connectivity index (χ0) is 19.2. The van der Waals surface area contributed by atoms with E-state index in [0.717, 1.165) is 0 Å². The third-order valence-corrected chi connectivity index (χ3v) is 3.26. The first-order valence-electron chi connectivity index (χ1n) is 8.40. The fourth-order valence-corrected chi connectivity index (χ4v) is 1.81. The molecule has 0 saturated carbocycles. The number of carbonyl (C=O) groups excluding carboxylic acids is 4. The number of amides is 2. The molecule has 0 aliphatic rings. The predicted octanol–water partition coefficient (Wildman–Crippen LogP) is 1.01. The molecule has 9 heteroatoms. The molecule has 0 aromatic rings. The zero-order valence-electron chi connectivity index (χ0n) is 15.1. The van der Waals surface area contributed by atoms with Gasteiger partial charge in [0.1, 0.15) is 0 Å². The maximum Gasteiger partial charge on any atom is 0.516 e. The molecule has 0 aliphatic heterocycles. The Kier molecular flexibility index (Phi) is 12.0. The molecular weight excluding hydrogens is 330 g/mol. The van der Waals surface area contributed by atoms with Crippen LogP contribution in [0.5, 0.6) is 0 Å². The highest BCUT2D eigenvalue weighted by Gasteiger charge is 2.13. The smallest absolute Gasteiger partial charge is 0.434 e. The standard InChI is InChI=1S/C16H29N3O6/c1-11(2)10-24-16(23)25-14(21)8-9-18-13(20)7-5-4-6-12(3)15(22)19-17/h11-12H,4-10,17H2,1-3H3,(H,18,20)(H,19,22). The van der Waals surface area contributed by atoms with Gasteiger partial charge in [0, 0.05) is 18.9 Å². The molecule has 0 radical (unpaired) electrons. The van der Waals surface area contributed by atoms with Crippen molar-refractivity contribution in [3.8, 4) is 0 Å². The van der Waals surface area contributed by atoms with Crippen LogP contribution in [0.15, 0.2) is 0 Å². The van der Waals surface area contributed by atoms with Crippen molar-refractivity contribution in [2.45, 2.75) is 52.9 Å². The second kappa shape index (κ2) is 13.2. The van der Waals surface area contributed by atoms with Gasteiger partial charge in [-0.25, -0.2) is 10.6 Å². The third-order valence-electron chi connectivity index (χ3n) is 3.26. The van der Waals surface area contributed by atoms with E-state index in [1.54, 1.807) is 6.92 Å². The number of nitrogens with two attached hydrogens (primary N) is 1. The Morgan fingerprint density at radius 3 is 2.32 bits per heavy atom. The summed E-state index contributed by atoms with van der Waals surface area (Å²) < 4.78 is 9.15. The first-order valence-corrected chi connectivity index (χ1v) is 8.40. The van der Waals surface area contributed by atoms with Gasteiger partial charge in [-0.3, -0.25) is 19.8 Å². The molecule has 144 valence electrons. The van der Waals surface area contributed by atoms with Gasteiger partial charge in [0.15, 0.2) is 0 Å². The fourth-order valence-electron chi connectivity index (χ4n) is 1.81. The molecule has 4 N–H and O–H groups in total. The average molecular weight is 359 g/mol. The van der Waals surface area contributed by atoms with Crippen LogP contribution in [0.1, 0.15) is 52.9 Å². The second-order valence-electron chi connectivity index (χ2n) is 6.18. The van der Waals surface area contributed by atoms with Crippen molar-refractivity contribution in [2.75, 3.05) is 13.2 Å². The van der Waals surface area contributed by atoms with Crippen LogP contribution in [0.4, 0.5) is 4.79 Å². The van der Waals surface area contributed by atoms with Crippen molar-refractivity contribution in [3.63, 3.8) is 0 Å². The minimum Gasteiger partial charge on any atom is -0.434 e. The van der Waals surface area contributed by atoms with E-state index in [1.807, 2.05) is 13.8 Å². The highest BCUT2D eigenvalue weighted by molar-refractivity contribution is 5.82. The minimum atomic E-state index is -1.03. The Morgan fingerprint density at radius 1 is 1.04 bits per heavy atom. The van der Waals surface area contributed by atoms with Crippen LogP contribution >= 0.6 is 0 Å². The normalized spacial score (nSPS) is 11.6. The molecule has 0 spiro atoms. The van der Waals surface area contributed by atoms with Gasteiger partial charge in [0.25, 0.3) is 0 Å². The molecule has 0 fully saturated rings. The lowest BCUT2D eigenvalue weighted by molar-refractivity contribution is -0.139. The van der Waals surface area contributed by atoms with Gasteiger partial charge in [-0.1, -0.05) is 27.2 Å². The maximum absolute atomic E-state index is 11.6. The summed E-state index contributed by atoms with van der Waals surface area (Å²) in [6, 6.07) is 0. The summed E-state index contributed by atoms with van der Waals surface area (Å²) in [4.78, 5) is 45.4. The number of hydrogen-bond donors (Lipinski definition) is 3. The minimum absolute atomic E-state index is 0.0844. The van der Waals surface area contributed by atoms with E-state index < -0.39 is 12.1 Å². The van der Waals surface area contributed by atoms with Gasteiger partial charge in [0.05, 0.1) is 13.0 Å². The van der Waals surface area contributed by atoms with Crippen molar-refractivity contribution in [2.24, 2.45) is 17.7 Å². The van der Waals surface area contributed by atoms with E-state index in [9.17, 15) is 19.2 Å². The highest BCUT2D eigenvalue weighted by atomic mass is 16.7. The lowest BCUT2D eigenvalue weighted by atomic mass is 10.0. The molecule has 0 aliphatic carbocycles. The Morgan fingerprint density at radius 2 is 1.72 bits per heavy atom. The maximum atomic E-state index is 11.6. The molecule has 0 rings (SSSR count). The number of carbonyl (C=O) groups is 4. The van der Waals surface area contributed by atoms with E-state index in [0.29, 0.717) is 25.7 Å². The molecule has 1 unspecified atom stereocenters. The van der Waals surface area contributed by atoms with E-state index in [2.05, 4.69) is 15.5 Å². The Balaban J connectivity index is 3.70. The summed E-state index contributed by atoms with van der Waals surface area (Å²) in [5.41, 5.74) is 2.08. The van der Waals surface area contributed by atoms with Crippen LogP contribution in [-0.2, 0) is 23.9 Å². The Labute approximate surface area is 147 Å². The quantitative estimate of drug-likeness (QED) is 0.125. The third kappa shape index (κ3) is 12.9. The lowest BCUT2D eigenvalue weighted by Gasteiger charge is -2.09. The molecular formula is C16H29N3O6. The van der Waals surface area contributed by atoms with Crippen molar-refractivity contribution >= 4 is 23.9 Å². The summed E-state index contributed by atoms with van der Waals surface area (Å²) in [5.74, 6) is 3.80. The molecule has 0 bridgehead atoms. The SMILES string of the molecule is CC(C)COC(=O)OC(=O)CCNC(=O)CCCCC(C)C(=O)NN. The number of hydrazine groups is 1. The Bertz CT molecular complexity index is 453. The first kappa shape index (κ1) is 22.8. The van der Waals surface area contributed by atoms with E-state index in [1.165, 1.54) is 0 Å². The number of nitrogens with one attached hydrogen (secondary N) is 2. The topological polar surface area (TPSA) is 137 Å². The number of ether oxygens (including phenoxy) is 2. The van der Waals surface area contributed by atoms with Crippen molar-refractivity contribution in [1.29, 1.82) is 0 Å². The van der Waals surface area contributed by atoms with Crippen LogP contribution in [0.2, 0.25) is 0 Å². The van der Waals surface area contributed by atoms with Crippen LogP contribution in [0, 0.1) is 11.8 Å². The van der Waals surface area contributed by atoms with Crippen molar-refractivity contribution in [3.05, 3.63) is 0 Å². The van der Waals surface area contributed by atoms with E-state index in [-0.39, 0.29) is 43.2 Å². The highest BCUT2D eigenvalue weighted by Crippen LogP contribution is 2.09. The van der Waals surface area contributed by atoms with Gasteiger partial charge >= 0.3 is 12.1 Å². The summed E-state index contributed by atoms with van der Waals surface area (Å²) >= 11 is 0. The predicted molar refractivity (Wildman–Crippen MR) is 89.9 cm³/mol. The summed E-state index contributed by atoms with van der Waals surface area (Å²) in [5, 5.41) is 2.57. The summed E-state index contributed by atoms with van der Waals surface area (Å²) in [7, 11) is 0. The molecule has 9 nitrogen and oxygen atoms in total. The second-order valence-corrected chi connectivity index (χ2v) is 6.18. The van der Waals surface area contributed by atoms with Crippen LogP contribution in [0.3, 0.4) is 0 Å².